The molecule has 1 saturated heterocycles. The van der Waals surface area contributed by atoms with Crippen molar-refractivity contribution in [3.63, 3.8) is 0 Å². The van der Waals surface area contributed by atoms with Crippen LogP contribution < -0.4 is 10.6 Å². The summed E-state index contributed by atoms with van der Waals surface area (Å²) >= 11 is 5.76. The Morgan fingerprint density at radius 2 is 1.71 bits per heavy atom. The van der Waals surface area contributed by atoms with Gasteiger partial charge in [-0.2, -0.15) is 8.78 Å². The molecule has 13 heteroatoms. The molecule has 178 valence electrons. The van der Waals surface area contributed by atoms with Gasteiger partial charge in [-0.1, -0.05) is 35.9 Å². The number of piperidine rings is 1. The number of halogens is 3. The number of carbonyl (C=O) groups excluding carboxylic acids is 4. The maximum atomic E-state index is 14.8. The van der Waals surface area contributed by atoms with Gasteiger partial charge in [-0.25, -0.2) is 0 Å². The van der Waals surface area contributed by atoms with Crippen LogP contribution in [0.2, 0.25) is 5.02 Å². The van der Waals surface area contributed by atoms with Crippen molar-refractivity contribution in [3.8, 4) is 0 Å². The Morgan fingerprint density at radius 3 is 2.34 bits per heavy atom. The molecule has 4 rings (SSSR count). The molecule has 1 fully saturated rings. The molecule has 2 aromatic carbocycles. The van der Waals surface area contributed by atoms with Crippen molar-refractivity contribution in [3.05, 3.63) is 69.7 Å². The fourth-order valence-electron chi connectivity index (χ4n) is 4.54. The van der Waals surface area contributed by atoms with Gasteiger partial charge in [0.05, 0.1) is 0 Å². The third kappa shape index (κ3) is 4.47. The van der Waals surface area contributed by atoms with Crippen LogP contribution in [0.3, 0.4) is 0 Å². The van der Waals surface area contributed by atoms with Crippen molar-refractivity contribution in [2.24, 2.45) is 0 Å². The second kappa shape index (κ2) is 8.82. The molecular formula is C22H21B3ClF2N3O4. The lowest BCUT2D eigenvalue weighted by Crippen LogP contribution is -2.53. The molecule has 35 heavy (non-hydrogen) atoms. The predicted molar refractivity (Wildman–Crippen MR) is 132 cm³/mol. The molecule has 2 unspecified atom stereocenters. The van der Waals surface area contributed by atoms with Gasteiger partial charge in [0.1, 0.15) is 29.6 Å². The number of fused-ring (bicyclic) bond motifs is 1. The van der Waals surface area contributed by atoms with Gasteiger partial charge < -0.3 is 10.2 Å². The van der Waals surface area contributed by atoms with E-state index in [1.54, 1.807) is 41.7 Å². The predicted octanol–water partition coefficient (Wildman–Crippen LogP) is -0.483. The van der Waals surface area contributed by atoms with Gasteiger partial charge in [0.2, 0.25) is 11.8 Å². The Bertz CT molecular complexity index is 1240. The van der Waals surface area contributed by atoms with E-state index in [2.05, 4.69) is 10.6 Å². The van der Waals surface area contributed by atoms with E-state index >= 15 is 0 Å². The number of rotatable bonds is 5. The van der Waals surface area contributed by atoms with Crippen LogP contribution in [0.15, 0.2) is 42.5 Å². The molecule has 0 aromatic heterocycles. The summed E-state index contributed by atoms with van der Waals surface area (Å²) in [6, 6.07) is 8.84. The topological polar surface area (TPSA) is 95.6 Å². The van der Waals surface area contributed by atoms with Crippen LogP contribution in [0.25, 0.3) is 0 Å². The largest absolute Gasteiger partial charge is 0.357 e. The van der Waals surface area contributed by atoms with E-state index in [0.717, 1.165) is 12.1 Å². The van der Waals surface area contributed by atoms with Gasteiger partial charge in [-0.05, 0) is 35.7 Å². The van der Waals surface area contributed by atoms with E-state index in [1.807, 2.05) is 0 Å². The first-order valence-electron chi connectivity index (χ1n) is 11.1. The molecule has 0 spiro atoms. The first-order valence-corrected chi connectivity index (χ1v) is 11.5. The Balaban J connectivity index is 1.57. The zero-order valence-corrected chi connectivity index (χ0v) is 20.1. The van der Waals surface area contributed by atoms with Crippen LogP contribution in [0, 0.1) is 0 Å². The molecule has 2 heterocycles. The van der Waals surface area contributed by atoms with Crippen molar-refractivity contribution in [2.75, 3.05) is 0 Å². The highest BCUT2D eigenvalue weighted by molar-refractivity contribution is 6.40. The molecule has 0 saturated carbocycles. The molecule has 2 aromatic rings. The molecule has 0 radical (unpaired) electrons. The SMILES string of the molecule is BC1c2cc(C(B)(B)NC(=O)C(F)(F)c3ccc(Cl)cc3)ccc2C(=O)N1C1CCC(=O)NC1=O. The zero-order chi connectivity index (χ0) is 25.7. The molecule has 0 bridgehead atoms. The average Bonchev–Trinajstić information content (AvgIpc) is 3.03. The van der Waals surface area contributed by atoms with Gasteiger partial charge in [-0.3, -0.25) is 24.5 Å². The summed E-state index contributed by atoms with van der Waals surface area (Å²) in [5, 5.41) is 3.75. The Morgan fingerprint density at radius 1 is 1.09 bits per heavy atom. The van der Waals surface area contributed by atoms with Crippen molar-refractivity contribution < 1.29 is 28.0 Å². The number of hydrogen-bond donors (Lipinski definition) is 2. The van der Waals surface area contributed by atoms with Crippen LogP contribution in [0.4, 0.5) is 8.78 Å². The molecule has 2 aliphatic rings. The van der Waals surface area contributed by atoms with Gasteiger partial charge in [0.15, 0.2) is 0 Å². The zero-order valence-electron chi connectivity index (χ0n) is 19.3. The number of alkyl halides is 2. The molecular weight excluding hydrogens is 476 g/mol. The van der Waals surface area contributed by atoms with Gasteiger partial charge in [-0.15, -0.1) is 0 Å². The minimum absolute atomic E-state index is 0.134. The number of benzene rings is 2. The summed E-state index contributed by atoms with van der Waals surface area (Å²) in [6.07, 6.45) is 0.359. The minimum Gasteiger partial charge on any atom is -0.357 e. The quantitative estimate of drug-likeness (QED) is 0.431. The summed E-state index contributed by atoms with van der Waals surface area (Å²) in [5.74, 6) is -6.98. The van der Waals surface area contributed by atoms with Crippen molar-refractivity contribution in [2.45, 2.75) is 36.1 Å². The number of amides is 4. The lowest BCUT2D eigenvalue weighted by atomic mass is 9.57. The summed E-state index contributed by atoms with van der Waals surface area (Å²) in [7, 11) is 4.94. The fraction of sp³-hybridized carbons (Fsp3) is 0.273. The van der Waals surface area contributed by atoms with Crippen molar-refractivity contribution in [1.29, 1.82) is 0 Å². The van der Waals surface area contributed by atoms with Gasteiger partial charge in [0.25, 0.3) is 11.8 Å². The van der Waals surface area contributed by atoms with E-state index in [9.17, 15) is 28.0 Å². The normalized spacial score (nSPS) is 20.4. The highest BCUT2D eigenvalue weighted by Gasteiger charge is 2.45. The smallest absolute Gasteiger partial charge is 0.349 e. The van der Waals surface area contributed by atoms with E-state index in [1.165, 1.54) is 17.0 Å². The van der Waals surface area contributed by atoms with Crippen LogP contribution in [-0.2, 0) is 25.6 Å². The standard InChI is InChI=1S/C22H21B3ClF2N3O4/c23-17-14-9-11(3-6-13(14)19(34)31(17)15-7-8-16(32)29-18(15)33)22(24,25)30-20(35)21(27,28)10-1-4-12(26)5-2-10/h1-6,9,15,17H,7-8,23-25H2,(H,30,35)(H,29,32,33). The fourth-order valence-corrected chi connectivity index (χ4v) is 4.67. The first-order chi connectivity index (χ1) is 16.3. The summed E-state index contributed by atoms with van der Waals surface area (Å²) in [5.41, 5.74) is 1.04. The highest BCUT2D eigenvalue weighted by atomic mass is 35.5. The maximum Gasteiger partial charge on any atom is 0.349 e. The summed E-state index contributed by atoms with van der Waals surface area (Å²) < 4.78 is 29.6. The third-order valence-corrected chi connectivity index (χ3v) is 6.82. The maximum absolute atomic E-state index is 14.8. The molecule has 7 nitrogen and oxygen atoms in total. The number of nitrogens with zero attached hydrogens (tertiary/aromatic N) is 1. The molecule has 2 atom stereocenters. The average molecular weight is 497 g/mol. The molecule has 4 amide bonds. The number of nitrogens with one attached hydrogen (secondary N) is 2. The van der Waals surface area contributed by atoms with Crippen LogP contribution >= 0.6 is 11.6 Å². The summed E-state index contributed by atoms with van der Waals surface area (Å²) in [4.78, 5) is 51.0. The lowest BCUT2D eigenvalue weighted by Gasteiger charge is -2.33. The van der Waals surface area contributed by atoms with Crippen LogP contribution in [0.5, 0.6) is 0 Å². The first kappa shape index (κ1) is 25.0. The van der Waals surface area contributed by atoms with Crippen LogP contribution in [-0.4, -0.2) is 58.1 Å². The summed E-state index contributed by atoms with van der Waals surface area (Å²) in [6.45, 7) is 0. The molecule has 2 aliphatic heterocycles. The second-order valence-corrected chi connectivity index (χ2v) is 9.75. The number of imide groups is 1. The second-order valence-electron chi connectivity index (χ2n) is 9.32. The van der Waals surface area contributed by atoms with E-state index in [4.69, 9.17) is 11.6 Å². The Kier molecular flexibility index (Phi) is 6.29. The molecule has 2 N–H and O–H groups in total. The van der Waals surface area contributed by atoms with E-state index < -0.39 is 40.6 Å². The monoisotopic (exact) mass is 497 g/mol. The Hall–Kier alpha value is -3.14. The third-order valence-electron chi connectivity index (χ3n) is 6.57. The number of carbonyl (C=O) groups is 4. The van der Waals surface area contributed by atoms with Gasteiger partial charge >= 0.3 is 5.92 Å². The van der Waals surface area contributed by atoms with Crippen molar-refractivity contribution in [1.82, 2.24) is 15.5 Å². The van der Waals surface area contributed by atoms with E-state index in [0.29, 0.717) is 16.7 Å². The minimum atomic E-state index is -3.79. The van der Waals surface area contributed by atoms with Crippen LogP contribution in [0.1, 0.15) is 45.8 Å². The van der Waals surface area contributed by atoms with Gasteiger partial charge in [0, 0.05) is 33.8 Å². The van der Waals surface area contributed by atoms with E-state index in [-0.39, 0.29) is 29.7 Å². The Labute approximate surface area is 208 Å². The lowest BCUT2D eigenvalue weighted by molar-refractivity contribution is -0.147. The highest BCUT2D eigenvalue weighted by Crippen LogP contribution is 2.37. The van der Waals surface area contributed by atoms with Crippen molar-refractivity contribution >= 4 is 58.8 Å². The molecule has 0 aliphatic carbocycles. The number of hydrogen-bond acceptors (Lipinski definition) is 4.